The normalized spacial score (nSPS) is 14.8. The summed E-state index contributed by atoms with van der Waals surface area (Å²) in [6.45, 7) is 24.8. The quantitative estimate of drug-likeness (QED) is 0.163. The molecule has 7 heteroatoms. The molecule has 0 saturated heterocycles. The second-order valence-electron chi connectivity index (χ2n) is 19.9. The molecule has 0 bridgehead atoms. The van der Waals surface area contributed by atoms with Crippen molar-refractivity contribution < 1.29 is 14.3 Å². The molecule has 5 nitrogen and oxygen atoms in total. The first-order valence-electron chi connectivity index (χ1n) is 22.2. The third-order valence-electron chi connectivity index (χ3n) is 11.3. The van der Waals surface area contributed by atoms with E-state index >= 15 is 8.78 Å². The van der Waals surface area contributed by atoms with E-state index in [1.165, 1.54) is 16.7 Å². The van der Waals surface area contributed by atoms with Gasteiger partial charge in [0, 0.05) is 75.8 Å². The van der Waals surface area contributed by atoms with Crippen molar-refractivity contribution in [3.05, 3.63) is 149 Å². The van der Waals surface area contributed by atoms with E-state index < -0.39 is 23.4 Å². The molecule has 4 heterocycles. The van der Waals surface area contributed by atoms with Crippen molar-refractivity contribution in [3.8, 4) is 5.82 Å². The molecule has 7 aromatic rings. The number of pyridine rings is 2. The number of hydrogen-bond acceptors (Lipinski definition) is 2. The molecule has 0 spiro atoms. The van der Waals surface area contributed by atoms with Crippen molar-refractivity contribution >= 4 is 50.6 Å². The summed E-state index contributed by atoms with van der Waals surface area (Å²) in [6, 6.07) is 23.5. The Labute approximate surface area is 353 Å². The molecule has 0 saturated carbocycles. The number of alkyl halides is 2. The molecule has 300 valence electrons. The van der Waals surface area contributed by atoms with Gasteiger partial charge in [-0.2, -0.15) is 8.78 Å². The fourth-order valence-electron chi connectivity index (χ4n) is 8.00. The third kappa shape index (κ3) is 6.99. The first-order valence-corrected chi connectivity index (χ1v) is 20.2. The van der Waals surface area contributed by atoms with Crippen LogP contribution in [-0.2, 0) is 27.6 Å². The van der Waals surface area contributed by atoms with Gasteiger partial charge in [0.05, 0.1) is 16.5 Å². The second-order valence-corrected chi connectivity index (χ2v) is 19.9. The Hall–Kier alpha value is -5.78. The van der Waals surface area contributed by atoms with E-state index in [1.807, 2.05) is 67.8 Å². The fourth-order valence-corrected chi connectivity index (χ4v) is 8.00. The van der Waals surface area contributed by atoms with Crippen LogP contribution in [0.15, 0.2) is 116 Å². The van der Waals surface area contributed by atoms with Gasteiger partial charge in [-0.25, -0.2) is 4.98 Å². The molecule has 1 aliphatic heterocycles. The van der Waals surface area contributed by atoms with Crippen LogP contribution in [0.4, 0.5) is 31.5 Å². The first-order chi connectivity index (χ1) is 29.2. The van der Waals surface area contributed by atoms with E-state index in [4.69, 9.17) is 7.73 Å². The largest absolute Gasteiger partial charge is 0.503 e. The fraction of sp³-hybridized carbons (Fsp3) is 0.327. The van der Waals surface area contributed by atoms with Gasteiger partial charge in [0.25, 0.3) is 17.3 Å². The molecule has 8 rings (SSSR count). The van der Waals surface area contributed by atoms with Crippen molar-refractivity contribution in [2.75, 3.05) is 0 Å². The lowest BCUT2D eigenvalue weighted by atomic mass is 9.78. The predicted octanol–water partition coefficient (Wildman–Crippen LogP) is 13.8. The molecule has 0 atom stereocenters. The number of halogens is 2. The molecule has 0 fully saturated rings. The van der Waals surface area contributed by atoms with Gasteiger partial charge in [0.1, 0.15) is 5.82 Å². The number of benzene rings is 4. The zero-order valence-electron chi connectivity index (χ0n) is 40.2. The minimum absolute atomic E-state index is 0.134. The number of aromatic nitrogens is 3. The van der Waals surface area contributed by atoms with Crippen molar-refractivity contribution in [1.82, 2.24) is 23.7 Å². The Kier molecular flexibility index (Phi) is 8.14. The highest BCUT2D eigenvalue weighted by molar-refractivity contribution is 6.09. The van der Waals surface area contributed by atoms with Gasteiger partial charge in [-0.05, 0) is 72.3 Å². The van der Waals surface area contributed by atoms with Crippen molar-refractivity contribution in [3.63, 3.8) is 0 Å². The van der Waals surface area contributed by atoms with Gasteiger partial charge in [0.2, 0.25) is 11.4 Å². The van der Waals surface area contributed by atoms with Crippen LogP contribution in [0.2, 0.25) is 0 Å². The third-order valence-corrected chi connectivity index (χ3v) is 11.3. The molecule has 4 aromatic carbocycles. The van der Waals surface area contributed by atoms with Gasteiger partial charge in [-0.1, -0.05) is 126 Å². The highest BCUT2D eigenvalue weighted by Crippen LogP contribution is 2.46. The number of rotatable bonds is 5. The lowest BCUT2D eigenvalue weighted by molar-refractivity contribution is 0.0428. The first kappa shape index (κ1) is 35.2. The Morgan fingerprint density at radius 2 is 1.22 bits per heavy atom. The summed E-state index contributed by atoms with van der Waals surface area (Å²) < 4.78 is 76.8. The number of fused-ring (bicyclic) bond motifs is 4. The summed E-state index contributed by atoms with van der Waals surface area (Å²) in [4.78, 5) is 9.11. The van der Waals surface area contributed by atoms with E-state index in [0.29, 0.717) is 22.6 Å². The van der Waals surface area contributed by atoms with Gasteiger partial charge < -0.3 is 0 Å². The van der Waals surface area contributed by atoms with Crippen LogP contribution in [-0.4, -0.2) is 20.5 Å². The molecular formula is C52H55F2N5+2. The summed E-state index contributed by atoms with van der Waals surface area (Å²) >= 11 is 0. The summed E-state index contributed by atoms with van der Waals surface area (Å²) in [5.74, 6) is -2.91. The Morgan fingerprint density at radius 1 is 0.593 bits per heavy atom. The summed E-state index contributed by atoms with van der Waals surface area (Å²) in [5.41, 5.74) is 4.28. The molecule has 0 amide bonds. The highest BCUT2D eigenvalue weighted by Gasteiger charge is 2.44. The SMILES string of the molecule is [2H]c1c([2H])c([2H])c2c(c1[2H])[N+](c1cc(C(C)(C)C)cc(C(F)(F)c3ccc4c5cnccc5n(-c5cc(C(C)(C)C)ccn5)c4c3)c1)=C=[N+]2c1c(C(C)(C)C)cccc1C(C)(C)C. The average molecular weight is 792 g/mol. The van der Waals surface area contributed by atoms with Crippen LogP contribution < -0.4 is 9.15 Å². The Bertz CT molecular complexity index is 3080. The van der Waals surface area contributed by atoms with E-state index in [2.05, 4.69) is 73.3 Å². The minimum atomic E-state index is -3.53. The molecule has 0 N–H and O–H groups in total. The zero-order valence-corrected chi connectivity index (χ0v) is 36.2. The van der Waals surface area contributed by atoms with Gasteiger partial charge >= 0.3 is 6.01 Å². The van der Waals surface area contributed by atoms with Crippen molar-refractivity contribution in [1.29, 1.82) is 0 Å². The minimum Gasteiger partial charge on any atom is -0.294 e. The standard InChI is InChI=1S/C52H55F2N5/c1-48(2,3)33-22-25-56-46(30-33)59-42-23-24-55-31-39(42)38-21-20-34(29-45(38)59)52(53,54)36-26-35(49(4,5)6)27-37(28-36)57-32-58(44-19-14-13-18-43(44)57)47-40(50(7,8)9)16-15-17-41(47)51(10,11)12/h13-31H,1-12H3/q+2/i13D,14D,18D,19D. The van der Waals surface area contributed by atoms with E-state index in [9.17, 15) is 2.74 Å². The van der Waals surface area contributed by atoms with Crippen molar-refractivity contribution in [2.45, 2.75) is 111 Å². The molecule has 0 unspecified atom stereocenters. The molecule has 0 aliphatic carbocycles. The molecular weight excluding hydrogens is 733 g/mol. The molecule has 3 aromatic heterocycles. The summed E-state index contributed by atoms with van der Waals surface area (Å²) in [6.07, 6.45) is 5.20. The Morgan fingerprint density at radius 3 is 1.85 bits per heavy atom. The summed E-state index contributed by atoms with van der Waals surface area (Å²) in [5, 5.41) is 1.58. The smallest absolute Gasteiger partial charge is 0.294 e. The van der Waals surface area contributed by atoms with Crippen molar-refractivity contribution in [2.24, 2.45) is 0 Å². The van der Waals surface area contributed by atoms with Gasteiger partial charge in [0.15, 0.2) is 0 Å². The molecule has 59 heavy (non-hydrogen) atoms. The zero-order chi connectivity index (χ0) is 45.9. The second kappa shape index (κ2) is 13.6. The van der Waals surface area contributed by atoms with Crippen LogP contribution >= 0.6 is 0 Å². The van der Waals surface area contributed by atoms with Gasteiger partial charge in [-0.15, -0.1) is 0 Å². The van der Waals surface area contributed by atoms with Crippen LogP contribution in [0.1, 0.15) is 122 Å². The topological polar surface area (TPSA) is 36.7 Å². The number of para-hydroxylation sites is 3. The van der Waals surface area contributed by atoms with Gasteiger partial charge in [-0.3, -0.25) is 9.55 Å². The van der Waals surface area contributed by atoms with Crippen LogP contribution in [0, 0.1) is 0 Å². The highest BCUT2D eigenvalue weighted by atomic mass is 19.3. The summed E-state index contributed by atoms with van der Waals surface area (Å²) in [7, 11) is 0. The lowest BCUT2D eigenvalue weighted by Gasteiger charge is -2.25. The van der Waals surface area contributed by atoms with E-state index in [-0.39, 0.29) is 50.8 Å². The maximum absolute atomic E-state index is 17.7. The van der Waals surface area contributed by atoms with Crippen LogP contribution in [0.5, 0.6) is 0 Å². The monoisotopic (exact) mass is 791 g/mol. The maximum Gasteiger partial charge on any atom is 0.503 e. The average Bonchev–Trinajstić information content (AvgIpc) is 3.77. The lowest BCUT2D eigenvalue weighted by Crippen LogP contribution is -2.22. The number of nitrogens with zero attached hydrogens (tertiary/aromatic N) is 5. The van der Waals surface area contributed by atoms with Crippen LogP contribution in [0.3, 0.4) is 0 Å². The van der Waals surface area contributed by atoms with E-state index in [0.717, 1.165) is 38.7 Å². The predicted molar refractivity (Wildman–Crippen MR) is 241 cm³/mol. The Balaban J connectivity index is 1.41. The molecule has 0 radical (unpaired) electrons. The maximum atomic E-state index is 17.7. The van der Waals surface area contributed by atoms with Crippen LogP contribution in [0.25, 0.3) is 27.6 Å². The number of hydrogen-bond donors (Lipinski definition) is 0. The van der Waals surface area contributed by atoms with E-state index in [1.54, 1.807) is 41.4 Å². The molecule has 1 aliphatic rings.